The third kappa shape index (κ3) is 5.23. The van der Waals surface area contributed by atoms with Gasteiger partial charge in [0.05, 0.1) is 0 Å². The van der Waals surface area contributed by atoms with Crippen molar-refractivity contribution in [2.45, 2.75) is 51.7 Å². The van der Waals surface area contributed by atoms with E-state index < -0.39 is 8.32 Å². The lowest BCUT2D eigenvalue weighted by molar-refractivity contribution is 0.267. The quantitative estimate of drug-likeness (QED) is 0.431. The average Bonchev–Trinajstić information content (AvgIpc) is 2.10. The van der Waals surface area contributed by atoms with Crippen LogP contribution in [-0.4, -0.2) is 25.1 Å². The van der Waals surface area contributed by atoms with E-state index in [0.29, 0.717) is 13.0 Å². The van der Waals surface area contributed by atoms with Crippen LogP contribution in [0.3, 0.4) is 0 Å². The van der Waals surface area contributed by atoms with Crippen molar-refractivity contribution in [1.82, 2.24) is 0 Å². The Bertz CT molecular complexity index is 216. The highest BCUT2D eigenvalue weighted by molar-refractivity contribution is 6.74. The van der Waals surface area contributed by atoms with E-state index in [4.69, 9.17) is 14.6 Å². The highest BCUT2D eigenvalue weighted by Crippen LogP contribution is 2.36. The molecule has 0 saturated heterocycles. The summed E-state index contributed by atoms with van der Waals surface area (Å²) in [5, 5.41) is 17.7. The van der Waals surface area contributed by atoms with Crippen LogP contribution in [-0.2, 0) is 4.43 Å². The van der Waals surface area contributed by atoms with Gasteiger partial charge in [-0.2, -0.15) is 0 Å². The highest BCUT2D eigenvalue weighted by atomic mass is 28.4. The molecule has 0 amide bonds. The van der Waals surface area contributed by atoms with Gasteiger partial charge in [-0.3, -0.25) is 0 Å². The minimum Gasteiger partial charge on any atom is -0.512 e. The van der Waals surface area contributed by atoms with Crippen molar-refractivity contribution in [2.24, 2.45) is 0 Å². The van der Waals surface area contributed by atoms with Crippen LogP contribution in [0.15, 0.2) is 12.0 Å². The third-order valence-corrected chi connectivity index (χ3v) is 7.53. The smallest absolute Gasteiger partial charge is 0.191 e. The molecule has 0 aromatic heterocycles. The number of rotatable bonds is 5. The first-order chi connectivity index (χ1) is 6.70. The van der Waals surface area contributed by atoms with Gasteiger partial charge in [-0.1, -0.05) is 20.8 Å². The maximum atomic E-state index is 9.01. The molecule has 0 unspecified atom stereocenters. The molecule has 4 heteroatoms. The second-order valence-electron chi connectivity index (χ2n) is 5.33. The first kappa shape index (κ1) is 14.5. The number of aliphatic hydroxyl groups is 2. The molecular formula is C11H24O3Si. The Morgan fingerprint density at radius 3 is 2.27 bits per heavy atom. The second-order valence-corrected chi connectivity index (χ2v) is 10.1. The summed E-state index contributed by atoms with van der Waals surface area (Å²) in [5.41, 5.74) is 0. The molecule has 0 rings (SSSR count). The molecule has 0 atom stereocenters. The standard InChI is InChI=1S/C11H24O3Si/c1-11(2,3)15(4,5)14-8-6-7-10(13)9-12/h9,12-13H,6-8H2,1-5H3/b10-9+. The molecule has 0 fully saturated rings. The van der Waals surface area contributed by atoms with Crippen molar-refractivity contribution in [3.8, 4) is 0 Å². The fourth-order valence-electron chi connectivity index (χ4n) is 0.862. The molecule has 0 aliphatic heterocycles. The molecular weight excluding hydrogens is 208 g/mol. The predicted octanol–water partition coefficient (Wildman–Crippen LogP) is 3.75. The zero-order valence-corrected chi connectivity index (χ0v) is 11.5. The molecule has 3 nitrogen and oxygen atoms in total. The van der Waals surface area contributed by atoms with Gasteiger partial charge in [-0.05, 0) is 24.6 Å². The van der Waals surface area contributed by atoms with E-state index in [0.717, 1.165) is 12.7 Å². The first-order valence-electron chi connectivity index (χ1n) is 5.37. The van der Waals surface area contributed by atoms with Crippen molar-refractivity contribution in [3.63, 3.8) is 0 Å². The lowest BCUT2D eigenvalue weighted by atomic mass is 10.2. The molecule has 0 aliphatic rings. The largest absolute Gasteiger partial charge is 0.512 e. The predicted molar refractivity (Wildman–Crippen MR) is 65.7 cm³/mol. The average molecular weight is 232 g/mol. The Morgan fingerprint density at radius 1 is 1.33 bits per heavy atom. The number of aliphatic hydroxyl groups excluding tert-OH is 2. The first-order valence-corrected chi connectivity index (χ1v) is 8.28. The molecule has 0 heterocycles. The van der Waals surface area contributed by atoms with Gasteiger partial charge in [0.25, 0.3) is 0 Å². The van der Waals surface area contributed by atoms with Gasteiger partial charge < -0.3 is 14.6 Å². The minimum atomic E-state index is -1.65. The van der Waals surface area contributed by atoms with Gasteiger partial charge >= 0.3 is 0 Å². The van der Waals surface area contributed by atoms with Crippen LogP contribution in [0.4, 0.5) is 0 Å². The molecule has 2 N–H and O–H groups in total. The highest BCUT2D eigenvalue weighted by Gasteiger charge is 2.36. The maximum Gasteiger partial charge on any atom is 0.191 e. The Kier molecular flexibility index (Phi) is 5.38. The normalized spacial score (nSPS) is 14.3. The van der Waals surface area contributed by atoms with Crippen LogP contribution in [0.5, 0.6) is 0 Å². The molecule has 0 aromatic carbocycles. The monoisotopic (exact) mass is 232 g/mol. The van der Waals surface area contributed by atoms with Gasteiger partial charge in [-0.25, -0.2) is 0 Å². The molecule has 0 saturated carbocycles. The summed E-state index contributed by atoms with van der Waals surface area (Å²) < 4.78 is 5.91. The zero-order valence-electron chi connectivity index (χ0n) is 10.5. The van der Waals surface area contributed by atoms with E-state index in [-0.39, 0.29) is 10.8 Å². The van der Waals surface area contributed by atoms with Gasteiger partial charge in [-0.15, -0.1) is 0 Å². The van der Waals surface area contributed by atoms with Gasteiger partial charge in [0.1, 0.15) is 12.0 Å². The fourth-order valence-corrected chi connectivity index (χ4v) is 1.95. The van der Waals surface area contributed by atoms with Crippen molar-refractivity contribution in [3.05, 3.63) is 12.0 Å². The molecule has 0 aromatic rings. The molecule has 0 bridgehead atoms. The van der Waals surface area contributed by atoms with E-state index in [9.17, 15) is 0 Å². The number of hydrogen-bond donors (Lipinski definition) is 2. The van der Waals surface area contributed by atoms with Crippen LogP contribution in [0, 0.1) is 0 Å². The lowest BCUT2D eigenvalue weighted by Gasteiger charge is -2.36. The fraction of sp³-hybridized carbons (Fsp3) is 0.818. The second kappa shape index (κ2) is 5.56. The van der Waals surface area contributed by atoms with Crippen LogP contribution in [0.2, 0.25) is 18.1 Å². The maximum absolute atomic E-state index is 9.01. The summed E-state index contributed by atoms with van der Waals surface area (Å²) in [4.78, 5) is 0. The summed E-state index contributed by atoms with van der Waals surface area (Å²) in [6.45, 7) is 11.6. The zero-order chi connectivity index (χ0) is 12.1. The Labute approximate surface area is 93.9 Å². The summed E-state index contributed by atoms with van der Waals surface area (Å²) in [5.74, 6) is 0.0221. The van der Waals surface area contributed by atoms with E-state index in [1.54, 1.807) is 0 Å². The summed E-state index contributed by atoms with van der Waals surface area (Å²) >= 11 is 0. The summed E-state index contributed by atoms with van der Waals surface area (Å²) in [7, 11) is -1.65. The molecule has 0 radical (unpaired) electrons. The van der Waals surface area contributed by atoms with E-state index in [1.165, 1.54) is 0 Å². The Balaban J connectivity index is 3.87. The topological polar surface area (TPSA) is 49.7 Å². The number of allylic oxidation sites excluding steroid dienone is 1. The van der Waals surface area contributed by atoms with Crippen molar-refractivity contribution < 1.29 is 14.6 Å². The van der Waals surface area contributed by atoms with Gasteiger partial charge in [0.2, 0.25) is 0 Å². The van der Waals surface area contributed by atoms with Crippen molar-refractivity contribution in [1.29, 1.82) is 0 Å². The molecule has 90 valence electrons. The summed E-state index contributed by atoms with van der Waals surface area (Å²) in [6.07, 6.45) is 1.97. The van der Waals surface area contributed by atoms with E-state index >= 15 is 0 Å². The van der Waals surface area contributed by atoms with Gasteiger partial charge in [0, 0.05) is 13.0 Å². The van der Waals surface area contributed by atoms with Crippen LogP contribution >= 0.6 is 0 Å². The minimum absolute atomic E-state index is 0.0221. The Hall–Kier alpha value is -0.483. The number of hydrogen-bond acceptors (Lipinski definition) is 3. The van der Waals surface area contributed by atoms with E-state index in [2.05, 4.69) is 33.9 Å². The van der Waals surface area contributed by atoms with Crippen molar-refractivity contribution >= 4 is 8.32 Å². The third-order valence-electron chi connectivity index (χ3n) is 3.00. The molecule has 0 spiro atoms. The van der Waals surface area contributed by atoms with Crippen LogP contribution in [0.25, 0.3) is 0 Å². The molecule has 15 heavy (non-hydrogen) atoms. The van der Waals surface area contributed by atoms with Gasteiger partial charge in [0.15, 0.2) is 8.32 Å². The SMILES string of the molecule is CC(C)(C)[Si](C)(C)OCCC/C(O)=C\O. The van der Waals surface area contributed by atoms with Crippen LogP contribution < -0.4 is 0 Å². The summed E-state index contributed by atoms with van der Waals surface area (Å²) in [6, 6.07) is 0. The van der Waals surface area contributed by atoms with Crippen LogP contribution in [0.1, 0.15) is 33.6 Å². The molecule has 0 aliphatic carbocycles. The van der Waals surface area contributed by atoms with Crippen molar-refractivity contribution in [2.75, 3.05) is 6.61 Å². The lowest BCUT2D eigenvalue weighted by Crippen LogP contribution is -2.40. The Morgan fingerprint density at radius 2 is 1.87 bits per heavy atom. The van der Waals surface area contributed by atoms with E-state index in [1.807, 2.05) is 0 Å².